The number of hydrogen-bond acceptors (Lipinski definition) is 2. The number of hydrogen-bond donors (Lipinski definition) is 1. The molecule has 1 saturated heterocycles. The first-order chi connectivity index (χ1) is 8.97. The highest BCUT2D eigenvalue weighted by molar-refractivity contribution is 6.30. The van der Waals surface area contributed by atoms with Crippen molar-refractivity contribution in [1.29, 1.82) is 0 Å². The van der Waals surface area contributed by atoms with Gasteiger partial charge in [-0.05, 0) is 30.5 Å². The van der Waals surface area contributed by atoms with Crippen molar-refractivity contribution in [2.24, 2.45) is 5.92 Å². The number of rotatable bonds is 3. The molecule has 2 atom stereocenters. The molecule has 2 rings (SSSR count). The molecular weight excluding hydrogens is 263 g/mol. The van der Waals surface area contributed by atoms with Crippen LogP contribution in [0.5, 0.6) is 0 Å². The van der Waals surface area contributed by atoms with Gasteiger partial charge in [-0.2, -0.15) is 0 Å². The van der Waals surface area contributed by atoms with Crippen LogP contribution in [-0.4, -0.2) is 30.1 Å². The van der Waals surface area contributed by atoms with Crippen molar-refractivity contribution in [3.05, 3.63) is 34.6 Å². The van der Waals surface area contributed by atoms with E-state index < -0.39 is 0 Å². The van der Waals surface area contributed by atoms with Gasteiger partial charge in [0.1, 0.15) is 5.82 Å². The van der Waals surface area contributed by atoms with Crippen LogP contribution < -0.4 is 5.32 Å². The molecule has 2 nitrogen and oxygen atoms in total. The van der Waals surface area contributed by atoms with Gasteiger partial charge in [-0.1, -0.05) is 31.5 Å². The Morgan fingerprint density at radius 1 is 1.47 bits per heavy atom. The SMILES string of the molecule is CC1CN(Cc2ccc(F)c(Cl)c2)C(C(C)C)CN1. The van der Waals surface area contributed by atoms with Gasteiger partial charge in [0.15, 0.2) is 0 Å². The number of benzene rings is 1. The quantitative estimate of drug-likeness (QED) is 0.916. The lowest BCUT2D eigenvalue weighted by Crippen LogP contribution is -2.56. The van der Waals surface area contributed by atoms with Crippen molar-refractivity contribution in [2.45, 2.75) is 39.4 Å². The van der Waals surface area contributed by atoms with Crippen LogP contribution in [0, 0.1) is 11.7 Å². The van der Waals surface area contributed by atoms with Crippen molar-refractivity contribution >= 4 is 11.6 Å². The van der Waals surface area contributed by atoms with Crippen molar-refractivity contribution in [3.63, 3.8) is 0 Å². The monoisotopic (exact) mass is 284 g/mol. The van der Waals surface area contributed by atoms with Crippen LogP contribution in [0.25, 0.3) is 0 Å². The molecule has 1 aromatic rings. The molecule has 1 aliphatic heterocycles. The molecule has 1 aromatic carbocycles. The third-order valence-corrected chi connectivity index (χ3v) is 4.08. The highest BCUT2D eigenvalue weighted by Crippen LogP contribution is 2.21. The summed E-state index contributed by atoms with van der Waals surface area (Å²) >= 11 is 5.85. The lowest BCUT2D eigenvalue weighted by molar-refractivity contribution is 0.0956. The van der Waals surface area contributed by atoms with Gasteiger partial charge in [-0.3, -0.25) is 4.90 Å². The fraction of sp³-hybridized carbons (Fsp3) is 0.600. The van der Waals surface area contributed by atoms with Crippen LogP contribution in [0.15, 0.2) is 18.2 Å². The smallest absolute Gasteiger partial charge is 0.141 e. The maximum Gasteiger partial charge on any atom is 0.141 e. The van der Waals surface area contributed by atoms with Crippen LogP contribution in [-0.2, 0) is 6.54 Å². The molecule has 0 spiro atoms. The van der Waals surface area contributed by atoms with Gasteiger partial charge in [0, 0.05) is 31.7 Å². The highest BCUT2D eigenvalue weighted by atomic mass is 35.5. The first kappa shape index (κ1) is 14.8. The molecule has 1 aliphatic rings. The zero-order valence-electron chi connectivity index (χ0n) is 11.8. The average molecular weight is 285 g/mol. The molecule has 0 saturated carbocycles. The summed E-state index contributed by atoms with van der Waals surface area (Å²) in [6.07, 6.45) is 0. The molecule has 1 heterocycles. The normalized spacial score (nSPS) is 24.9. The van der Waals surface area contributed by atoms with Gasteiger partial charge in [0.05, 0.1) is 5.02 Å². The Hall–Kier alpha value is -0.640. The summed E-state index contributed by atoms with van der Waals surface area (Å²) in [4.78, 5) is 2.47. The van der Waals surface area contributed by atoms with E-state index in [4.69, 9.17) is 11.6 Å². The van der Waals surface area contributed by atoms with Crippen LogP contribution in [0.3, 0.4) is 0 Å². The molecule has 0 bridgehead atoms. The number of nitrogens with one attached hydrogen (secondary N) is 1. The molecule has 0 aromatic heterocycles. The fourth-order valence-electron chi connectivity index (χ4n) is 2.71. The van der Waals surface area contributed by atoms with Gasteiger partial charge in [0.25, 0.3) is 0 Å². The minimum atomic E-state index is -0.348. The Balaban J connectivity index is 2.11. The second kappa shape index (κ2) is 6.21. The zero-order chi connectivity index (χ0) is 14.0. The molecule has 0 radical (unpaired) electrons. The van der Waals surface area contributed by atoms with Gasteiger partial charge in [0.2, 0.25) is 0 Å². The average Bonchev–Trinajstić information content (AvgIpc) is 2.33. The number of piperazine rings is 1. The fourth-order valence-corrected chi connectivity index (χ4v) is 2.92. The second-order valence-corrected chi connectivity index (χ2v) is 6.21. The first-order valence-corrected chi connectivity index (χ1v) is 7.26. The standard InChI is InChI=1S/C15H22ClFN2/c1-10(2)15-7-18-11(3)8-19(15)9-12-4-5-14(17)13(16)6-12/h4-6,10-11,15,18H,7-9H2,1-3H3. The van der Waals surface area contributed by atoms with E-state index >= 15 is 0 Å². The van der Waals surface area contributed by atoms with Crippen LogP contribution in [0.2, 0.25) is 5.02 Å². The molecule has 19 heavy (non-hydrogen) atoms. The molecule has 1 N–H and O–H groups in total. The van der Waals surface area contributed by atoms with Crippen LogP contribution in [0.1, 0.15) is 26.3 Å². The Morgan fingerprint density at radius 3 is 2.84 bits per heavy atom. The summed E-state index contributed by atoms with van der Waals surface area (Å²) in [5.41, 5.74) is 1.08. The first-order valence-electron chi connectivity index (χ1n) is 6.88. The van der Waals surface area contributed by atoms with Crippen molar-refractivity contribution in [3.8, 4) is 0 Å². The lowest BCUT2D eigenvalue weighted by atomic mass is 9.98. The summed E-state index contributed by atoms with van der Waals surface area (Å²) in [5, 5.41) is 3.73. The molecule has 1 fully saturated rings. The Morgan fingerprint density at radius 2 is 2.21 bits per heavy atom. The van der Waals surface area contributed by atoms with Gasteiger partial charge < -0.3 is 5.32 Å². The molecule has 106 valence electrons. The van der Waals surface area contributed by atoms with Gasteiger partial charge in [-0.15, -0.1) is 0 Å². The van der Waals surface area contributed by atoms with E-state index in [0.717, 1.165) is 25.2 Å². The molecule has 4 heteroatoms. The second-order valence-electron chi connectivity index (χ2n) is 5.80. The Kier molecular flexibility index (Phi) is 4.82. The zero-order valence-corrected chi connectivity index (χ0v) is 12.5. The van der Waals surface area contributed by atoms with Crippen molar-refractivity contribution in [1.82, 2.24) is 10.2 Å². The predicted octanol–water partition coefficient (Wildman–Crippen LogP) is 3.30. The molecule has 0 aliphatic carbocycles. The summed E-state index contributed by atoms with van der Waals surface area (Å²) < 4.78 is 13.2. The third kappa shape index (κ3) is 3.68. The number of nitrogens with zero attached hydrogens (tertiary/aromatic N) is 1. The minimum Gasteiger partial charge on any atom is -0.311 e. The molecule has 0 amide bonds. The topological polar surface area (TPSA) is 15.3 Å². The summed E-state index contributed by atoms with van der Waals surface area (Å²) in [5.74, 6) is 0.246. The van der Waals surface area contributed by atoms with E-state index in [9.17, 15) is 4.39 Å². The Labute approximate surface area is 119 Å². The maximum atomic E-state index is 13.2. The Bertz CT molecular complexity index is 436. The van der Waals surface area contributed by atoms with E-state index in [1.807, 2.05) is 6.07 Å². The van der Waals surface area contributed by atoms with Gasteiger partial charge >= 0.3 is 0 Å². The van der Waals surface area contributed by atoms with Crippen LogP contribution >= 0.6 is 11.6 Å². The van der Waals surface area contributed by atoms with E-state index in [1.165, 1.54) is 6.07 Å². The van der Waals surface area contributed by atoms with Crippen LogP contribution in [0.4, 0.5) is 4.39 Å². The van der Waals surface area contributed by atoms with E-state index in [1.54, 1.807) is 6.07 Å². The van der Waals surface area contributed by atoms with Gasteiger partial charge in [-0.25, -0.2) is 4.39 Å². The largest absolute Gasteiger partial charge is 0.311 e. The molecular formula is C15H22ClFN2. The summed E-state index contributed by atoms with van der Waals surface area (Å²) in [7, 11) is 0. The van der Waals surface area contributed by atoms with E-state index in [0.29, 0.717) is 18.0 Å². The van der Waals surface area contributed by atoms with Crippen molar-refractivity contribution < 1.29 is 4.39 Å². The van der Waals surface area contributed by atoms with E-state index in [-0.39, 0.29) is 10.8 Å². The highest BCUT2D eigenvalue weighted by Gasteiger charge is 2.27. The third-order valence-electron chi connectivity index (χ3n) is 3.79. The minimum absolute atomic E-state index is 0.210. The lowest BCUT2D eigenvalue weighted by Gasteiger charge is -2.41. The summed E-state index contributed by atoms with van der Waals surface area (Å²) in [6.45, 7) is 9.53. The maximum absolute atomic E-state index is 13.2. The summed E-state index contributed by atoms with van der Waals surface area (Å²) in [6, 6.07) is 6.02. The molecule has 2 unspecified atom stereocenters. The van der Waals surface area contributed by atoms with E-state index in [2.05, 4.69) is 31.0 Å². The van der Waals surface area contributed by atoms with Crippen molar-refractivity contribution in [2.75, 3.05) is 13.1 Å². The number of halogens is 2. The predicted molar refractivity (Wildman–Crippen MR) is 77.9 cm³/mol.